The molecule has 0 aromatic carbocycles. The Labute approximate surface area is 60.3 Å². The van der Waals surface area contributed by atoms with Crippen LogP contribution in [0.5, 0.6) is 0 Å². The molecular weight excluding hydrogens is 132 g/mol. The van der Waals surface area contributed by atoms with Crippen molar-refractivity contribution in [3.8, 4) is 0 Å². The van der Waals surface area contributed by atoms with E-state index in [1.54, 1.807) is 20.8 Å². The minimum absolute atomic E-state index is 0.246. The van der Waals surface area contributed by atoms with Gasteiger partial charge in [0.1, 0.15) is 11.9 Å². The molecule has 0 aromatic heterocycles. The van der Waals surface area contributed by atoms with Crippen molar-refractivity contribution in [2.24, 2.45) is 0 Å². The summed E-state index contributed by atoms with van der Waals surface area (Å²) in [7, 11) is 0. The predicted molar refractivity (Wildman–Crippen MR) is 36.0 cm³/mol. The third-order valence-corrected chi connectivity index (χ3v) is 1.36. The van der Waals surface area contributed by atoms with E-state index in [0.717, 1.165) is 0 Å². The molecule has 0 radical (unpaired) electrons. The van der Waals surface area contributed by atoms with Gasteiger partial charge in [-0.15, -0.1) is 0 Å². The summed E-state index contributed by atoms with van der Waals surface area (Å²) in [5, 5.41) is 9.08. The highest BCUT2D eigenvalue weighted by atomic mass is 16.7. The average Bonchev–Trinajstić information content (AvgIpc) is 2.10. The highest BCUT2D eigenvalue weighted by Crippen LogP contribution is 2.23. The molecule has 10 heavy (non-hydrogen) atoms. The summed E-state index contributed by atoms with van der Waals surface area (Å²) in [4.78, 5) is 0. The summed E-state index contributed by atoms with van der Waals surface area (Å²) in [6.45, 7) is 5.23. The smallest absolute Gasteiger partial charge is 0.237 e. The minimum Gasteiger partial charge on any atom is -0.456 e. The van der Waals surface area contributed by atoms with Gasteiger partial charge in [-0.25, -0.2) is 0 Å². The highest BCUT2D eigenvalue weighted by Gasteiger charge is 2.23. The lowest BCUT2D eigenvalue weighted by Gasteiger charge is -2.06. The topological polar surface area (TPSA) is 38.7 Å². The maximum atomic E-state index is 9.08. The van der Waals surface area contributed by atoms with Gasteiger partial charge in [0.25, 0.3) is 0 Å². The van der Waals surface area contributed by atoms with Crippen LogP contribution in [0.3, 0.4) is 0 Å². The Balaban J connectivity index is 2.66. The zero-order valence-electron chi connectivity index (χ0n) is 6.42. The first-order valence-corrected chi connectivity index (χ1v) is 3.33. The largest absolute Gasteiger partial charge is 0.456 e. The number of aliphatic hydroxyl groups is 1. The minimum atomic E-state index is -0.565. The van der Waals surface area contributed by atoms with Gasteiger partial charge in [-0.1, -0.05) is 0 Å². The Morgan fingerprint density at radius 2 is 2.10 bits per heavy atom. The molecule has 1 heterocycles. The molecule has 1 aliphatic heterocycles. The van der Waals surface area contributed by atoms with Crippen LogP contribution >= 0.6 is 0 Å². The summed E-state index contributed by atoms with van der Waals surface area (Å²) < 4.78 is 10.3. The first-order valence-electron chi connectivity index (χ1n) is 3.33. The molecule has 1 N–H and O–H groups in total. The van der Waals surface area contributed by atoms with Crippen LogP contribution in [0.4, 0.5) is 0 Å². The van der Waals surface area contributed by atoms with Gasteiger partial charge in [-0.05, 0) is 13.8 Å². The summed E-state index contributed by atoms with van der Waals surface area (Å²) in [5.74, 6) is 1.23. The van der Waals surface area contributed by atoms with Crippen molar-refractivity contribution >= 4 is 0 Å². The maximum Gasteiger partial charge on any atom is 0.237 e. The number of hydrogen-bond donors (Lipinski definition) is 1. The molecule has 0 spiro atoms. The molecule has 1 aliphatic rings. The second-order valence-corrected chi connectivity index (χ2v) is 2.40. The number of ether oxygens (including phenoxy) is 2. The van der Waals surface area contributed by atoms with Crippen LogP contribution in [0.25, 0.3) is 0 Å². The van der Waals surface area contributed by atoms with Crippen LogP contribution in [-0.2, 0) is 9.47 Å². The average molecular weight is 144 g/mol. The molecule has 58 valence electrons. The second kappa shape index (κ2) is 2.50. The molecule has 0 amide bonds. The summed E-state index contributed by atoms with van der Waals surface area (Å²) in [6, 6.07) is 0. The quantitative estimate of drug-likeness (QED) is 0.596. The molecule has 0 saturated heterocycles. The Kier molecular flexibility index (Phi) is 1.85. The van der Waals surface area contributed by atoms with Crippen molar-refractivity contribution in [3.05, 3.63) is 11.5 Å². The van der Waals surface area contributed by atoms with E-state index in [1.165, 1.54) is 0 Å². The van der Waals surface area contributed by atoms with Crippen molar-refractivity contribution < 1.29 is 14.6 Å². The van der Waals surface area contributed by atoms with E-state index in [-0.39, 0.29) is 6.29 Å². The standard InChI is InChI=1S/C7H12O3/c1-4(8)7-5(2)9-6(3)10-7/h4,6,8H,1-3H3. The highest BCUT2D eigenvalue weighted by molar-refractivity contribution is 5.06. The molecule has 2 atom stereocenters. The molecule has 2 unspecified atom stereocenters. The molecule has 0 bridgehead atoms. The van der Waals surface area contributed by atoms with Crippen molar-refractivity contribution in [2.45, 2.75) is 33.2 Å². The van der Waals surface area contributed by atoms with Crippen molar-refractivity contribution in [1.82, 2.24) is 0 Å². The molecule has 1 rings (SSSR count). The van der Waals surface area contributed by atoms with E-state index in [4.69, 9.17) is 14.6 Å². The SMILES string of the molecule is CC1=C(C(C)O)OC(C)O1. The van der Waals surface area contributed by atoms with Gasteiger partial charge < -0.3 is 14.6 Å². The fraction of sp³-hybridized carbons (Fsp3) is 0.714. The third-order valence-electron chi connectivity index (χ3n) is 1.36. The number of hydrogen-bond acceptors (Lipinski definition) is 3. The van der Waals surface area contributed by atoms with Gasteiger partial charge in [0.2, 0.25) is 6.29 Å². The van der Waals surface area contributed by atoms with Gasteiger partial charge in [0.15, 0.2) is 5.76 Å². The Bertz CT molecular complexity index is 160. The summed E-state index contributed by atoms with van der Waals surface area (Å²) in [5.41, 5.74) is 0. The van der Waals surface area contributed by atoms with E-state index < -0.39 is 6.10 Å². The van der Waals surface area contributed by atoms with Crippen molar-refractivity contribution in [2.75, 3.05) is 0 Å². The van der Waals surface area contributed by atoms with Crippen molar-refractivity contribution in [1.29, 1.82) is 0 Å². The molecule has 3 heteroatoms. The van der Waals surface area contributed by atoms with Gasteiger partial charge >= 0.3 is 0 Å². The Morgan fingerprint density at radius 3 is 2.30 bits per heavy atom. The van der Waals surface area contributed by atoms with E-state index in [1.807, 2.05) is 0 Å². The van der Waals surface area contributed by atoms with Crippen LogP contribution in [0, 0.1) is 0 Å². The zero-order valence-corrected chi connectivity index (χ0v) is 6.42. The van der Waals surface area contributed by atoms with Crippen LogP contribution in [0.2, 0.25) is 0 Å². The number of allylic oxidation sites excluding steroid dienone is 1. The van der Waals surface area contributed by atoms with E-state index in [9.17, 15) is 0 Å². The molecule has 3 nitrogen and oxygen atoms in total. The maximum absolute atomic E-state index is 9.08. The lowest BCUT2D eigenvalue weighted by molar-refractivity contribution is -0.0342. The van der Waals surface area contributed by atoms with Gasteiger partial charge in [-0.3, -0.25) is 0 Å². The first-order chi connectivity index (χ1) is 4.61. The van der Waals surface area contributed by atoms with E-state index in [0.29, 0.717) is 11.5 Å². The number of aliphatic hydroxyl groups excluding tert-OH is 1. The predicted octanol–water partition coefficient (Wildman–Crippen LogP) is 0.992. The van der Waals surface area contributed by atoms with Gasteiger partial charge in [0.05, 0.1) is 0 Å². The first kappa shape index (κ1) is 7.41. The summed E-state index contributed by atoms with van der Waals surface area (Å²) in [6.07, 6.45) is -0.811. The van der Waals surface area contributed by atoms with Crippen LogP contribution < -0.4 is 0 Å². The van der Waals surface area contributed by atoms with Gasteiger partial charge in [-0.2, -0.15) is 0 Å². The Hall–Kier alpha value is -0.700. The molecule has 0 saturated carbocycles. The normalized spacial score (nSPS) is 27.8. The lowest BCUT2D eigenvalue weighted by Crippen LogP contribution is -2.08. The summed E-state index contributed by atoms with van der Waals surface area (Å²) >= 11 is 0. The fourth-order valence-electron chi connectivity index (χ4n) is 0.985. The lowest BCUT2D eigenvalue weighted by atomic mass is 10.3. The van der Waals surface area contributed by atoms with E-state index >= 15 is 0 Å². The Morgan fingerprint density at radius 1 is 1.50 bits per heavy atom. The third kappa shape index (κ3) is 1.24. The number of rotatable bonds is 1. The van der Waals surface area contributed by atoms with Crippen LogP contribution in [0.15, 0.2) is 11.5 Å². The monoisotopic (exact) mass is 144 g/mol. The van der Waals surface area contributed by atoms with Gasteiger partial charge in [0, 0.05) is 6.92 Å². The fourth-order valence-corrected chi connectivity index (χ4v) is 0.985. The second-order valence-electron chi connectivity index (χ2n) is 2.40. The molecule has 0 fully saturated rings. The zero-order chi connectivity index (χ0) is 7.72. The van der Waals surface area contributed by atoms with E-state index in [2.05, 4.69) is 0 Å². The molecule has 0 aromatic rings. The molecular formula is C7H12O3. The van der Waals surface area contributed by atoms with Crippen molar-refractivity contribution in [3.63, 3.8) is 0 Å². The van der Waals surface area contributed by atoms with Crippen LogP contribution in [0.1, 0.15) is 20.8 Å². The van der Waals surface area contributed by atoms with Crippen LogP contribution in [-0.4, -0.2) is 17.5 Å². The molecule has 0 aliphatic carbocycles.